The van der Waals surface area contributed by atoms with Crippen molar-refractivity contribution in [1.29, 1.82) is 0 Å². The number of Topliss-reactive ketones (excluding diaryl/α,β-unsaturated/α-hetero) is 1. The van der Waals surface area contributed by atoms with Crippen LogP contribution in [0.5, 0.6) is 0 Å². The van der Waals surface area contributed by atoms with E-state index < -0.39 is 24.7 Å². The number of esters is 2. The van der Waals surface area contributed by atoms with Gasteiger partial charge in [-0.25, -0.2) is 4.79 Å². The molecule has 0 aliphatic carbocycles. The fraction of sp³-hybridized carbons (Fsp3) is 0.683. The molecule has 1 saturated heterocycles. The highest BCUT2D eigenvalue weighted by atomic mass is 19.4. The number of ether oxygens (including phenoxy) is 3. The molecule has 0 saturated carbocycles. The van der Waals surface area contributed by atoms with Crippen LogP contribution >= 0.6 is 0 Å². The molecule has 1 rings (SSSR count). The first-order chi connectivity index (χ1) is 27.1. The number of ketones is 1. The number of halogens is 3. The van der Waals surface area contributed by atoms with Crippen molar-refractivity contribution in [1.82, 2.24) is 0 Å². The maximum Gasteiger partial charge on any atom is 0.422 e. The number of carbonyl (C=O) groups is 5. The number of hydrogen-bond donors (Lipinski definition) is 3. The molecule has 4 N–H and O–H groups in total. The van der Waals surface area contributed by atoms with Crippen LogP contribution in [0.2, 0.25) is 0 Å². The molecule has 1 heterocycles. The van der Waals surface area contributed by atoms with E-state index in [9.17, 15) is 37.1 Å². The number of alkyl halides is 3. The summed E-state index contributed by atoms with van der Waals surface area (Å²) in [5, 5.41) is 18.4. The van der Waals surface area contributed by atoms with Crippen LogP contribution in [0.4, 0.5) is 13.2 Å². The standard InChI is InChI=1S/C7H12O.C5H7F3O2.C5H8O2.C4H8O.C4H8.C4H6.C3H6O2.C3H6O.C2H5N3.C2H7N.C2H6O/c1-4-5-7(8)6(2)3;1-2-4(9)10-3-5(6,7)8;1-3-5(6)7-4-2;1-2-4-3-5-4;2*1-3-4-2;1-2-3(4)5;1-2-3-4;1-2-4-5-3;2*1-2-3/h2,4-5H2,1,3H3;2-3H2,1H3;3H,1,4H2,2H3;4H,2-3H2,1H3;3H,1,4H2,2H3;1H,4H2,2H3;2H2,1H3,(H,4,5);3H,2H2,1H3;2H2,1H3;2-3H2,1H3;3H,2H2,1H3. The first-order valence-electron chi connectivity index (χ1n) is 19.0. The van der Waals surface area contributed by atoms with Gasteiger partial charge in [-0.2, -0.15) is 13.2 Å². The molecule has 1 fully saturated rings. The minimum absolute atomic E-state index is 0.0317. The summed E-state index contributed by atoms with van der Waals surface area (Å²) in [6, 6.07) is 0. The number of azide groups is 1. The molecule has 0 bridgehead atoms. The van der Waals surface area contributed by atoms with E-state index >= 15 is 0 Å². The van der Waals surface area contributed by atoms with E-state index in [1.165, 1.54) is 13.3 Å². The van der Waals surface area contributed by atoms with Crippen molar-refractivity contribution in [3.8, 4) is 12.3 Å². The minimum atomic E-state index is -4.41. The maximum atomic E-state index is 11.3. The van der Waals surface area contributed by atoms with Gasteiger partial charge in [0.15, 0.2) is 12.4 Å². The number of aliphatic hydroxyl groups is 1. The summed E-state index contributed by atoms with van der Waals surface area (Å²) < 4.78 is 46.9. The molecule has 0 aromatic carbocycles. The Morgan fingerprint density at radius 3 is 1.48 bits per heavy atom. The van der Waals surface area contributed by atoms with Crippen molar-refractivity contribution in [2.45, 2.75) is 147 Å². The number of aldehydes is 1. The van der Waals surface area contributed by atoms with Gasteiger partial charge in [-0.1, -0.05) is 86.7 Å². The number of nitrogens with zero attached hydrogens (tertiary/aromatic N) is 3. The Balaban J connectivity index is -0.0000000558. The lowest BCUT2D eigenvalue weighted by Gasteiger charge is -2.05. The lowest BCUT2D eigenvalue weighted by atomic mass is 10.1. The van der Waals surface area contributed by atoms with Crippen LogP contribution in [-0.2, 0) is 38.2 Å². The summed E-state index contributed by atoms with van der Waals surface area (Å²) in [6.45, 7) is 33.6. The predicted octanol–water partition coefficient (Wildman–Crippen LogP) is 9.93. The van der Waals surface area contributed by atoms with Crippen LogP contribution in [0.3, 0.4) is 0 Å². The lowest BCUT2D eigenvalue weighted by Crippen LogP contribution is -2.19. The zero-order valence-corrected chi connectivity index (χ0v) is 37.6. The number of carboxylic acid groups (broad SMARTS) is 1. The molecule has 1 atom stereocenters. The van der Waals surface area contributed by atoms with Crippen molar-refractivity contribution >= 4 is 30.0 Å². The largest absolute Gasteiger partial charge is 0.481 e. The van der Waals surface area contributed by atoms with E-state index in [0.29, 0.717) is 37.7 Å². The van der Waals surface area contributed by atoms with Gasteiger partial charge in [-0.3, -0.25) is 14.4 Å². The molecule has 0 spiro atoms. The molecule has 14 nitrogen and oxygen atoms in total. The highest BCUT2D eigenvalue weighted by molar-refractivity contribution is 5.93. The van der Waals surface area contributed by atoms with Crippen LogP contribution in [-0.4, -0.2) is 92.0 Å². The molecule has 1 aliphatic heterocycles. The first-order valence-corrected chi connectivity index (χ1v) is 19.0. The van der Waals surface area contributed by atoms with Crippen molar-refractivity contribution < 1.29 is 61.6 Å². The lowest BCUT2D eigenvalue weighted by molar-refractivity contribution is -0.186. The topological polar surface area (TPSA) is 232 Å². The van der Waals surface area contributed by atoms with Gasteiger partial charge in [-0.05, 0) is 57.7 Å². The average Bonchev–Trinajstić information content (AvgIpc) is 4.04. The maximum absolute atomic E-state index is 11.3. The molecule has 0 radical (unpaired) electrons. The third-order valence-corrected chi connectivity index (χ3v) is 4.12. The normalized spacial score (nSPS) is 9.97. The van der Waals surface area contributed by atoms with Crippen molar-refractivity contribution in [2.24, 2.45) is 10.8 Å². The van der Waals surface area contributed by atoms with Gasteiger partial charge < -0.3 is 35.0 Å². The van der Waals surface area contributed by atoms with Gasteiger partial charge in [0.2, 0.25) is 0 Å². The molecule has 344 valence electrons. The molecule has 0 aromatic heterocycles. The van der Waals surface area contributed by atoms with Crippen LogP contribution < -0.4 is 5.73 Å². The molecule has 1 unspecified atom stereocenters. The van der Waals surface area contributed by atoms with Crippen LogP contribution in [0.25, 0.3) is 10.4 Å². The van der Waals surface area contributed by atoms with E-state index in [2.05, 4.69) is 59.0 Å². The monoisotopic (exact) mass is 845 g/mol. The number of aliphatic hydroxyl groups excluding tert-OH is 1. The van der Waals surface area contributed by atoms with Gasteiger partial charge in [0.1, 0.15) is 6.29 Å². The van der Waals surface area contributed by atoms with Crippen LogP contribution in [0.15, 0.2) is 42.6 Å². The number of rotatable bonds is 12. The Kier molecular flexibility index (Phi) is 104. The summed E-state index contributed by atoms with van der Waals surface area (Å²) in [5.41, 5.74) is 13.0. The molecule has 0 amide bonds. The Hall–Kier alpha value is -4.49. The fourth-order valence-electron chi connectivity index (χ4n) is 1.27. The highest BCUT2D eigenvalue weighted by Crippen LogP contribution is 2.14. The second kappa shape index (κ2) is 77.1. The van der Waals surface area contributed by atoms with Gasteiger partial charge in [0.25, 0.3) is 0 Å². The Morgan fingerprint density at radius 2 is 1.40 bits per heavy atom. The second-order valence-corrected chi connectivity index (χ2v) is 9.75. The molecule has 1 aliphatic rings. The van der Waals surface area contributed by atoms with Crippen molar-refractivity contribution in [2.75, 3.05) is 39.5 Å². The van der Waals surface area contributed by atoms with Crippen molar-refractivity contribution in [3.05, 3.63) is 47.9 Å². The highest BCUT2D eigenvalue weighted by Gasteiger charge is 2.29. The molecule has 0 aromatic rings. The number of epoxide rings is 1. The quantitative estimate of drug-likeness (QED) is 0.0192. The zero-order chi connectivity index (χ0) is 48.2. The van der Waals surface area contributed by atoms with Gasteiger partial charge >= 0.3 is 24.1 Å². The third kappa shape index (κ3) is 174. The van der Waals surface area contributed by atoms with Gasteiger partial charge in [0.05, 0.1) is 19.3 Å². The van der Waals surface area contributed by atoms with Gasteiger partial charge in [0, 0.05) is 56.2 Å². The second-order valence-electron chi connectivity index (χ2n) is 9.75. The summed E-state index contributed by atoms with van der Waals surface area (Å²) >= 11 is 0. The van der Waals surface area contributed by atoms with Gasteiger partial charge in [-0.15, -0.1) is 18.9 Å². The van der Waals surface area contributed by atoms with E-state index in [4.69, 9.17) is 32.6 Å². The number of aliphatic carboxylic acids is 1. The first kappa shape index (κ1) is 77.9. The average molecular weight is 845 g/mol. The smallest absolute Gasteiger partial charge is 0.422 e. The van der Waals surface area contributed by atoms with Crippen molar-refractivity contribution in [3.63, 3.8) is 0 Å². The Labute approximate surface area is 348 Å². The van der Waals surface area contributed by atoms with E-state index in [1.807, 2.05) is 33.8 Å². The zero-order valence-electron chi connectivity index (χ0n) is 37.6. The van der Waals surface area contributed by atoms with E-state index in [0.717, 1.165) is 44.8 Å². The summed E-state index contributed by atoms with van der Waals surface area (Å²) in [6.07, 6.45) is 10.4. The van der Waals surface area contributed by atoms with Crippen LogP contribution in [0.1, 0.15) is 134 Å². The minimum Gasteiger partial charge on any atom is -0.481 e. The molecule has 58 heavy (non-hydrogen) atoms. The van der Waals surface area contributed by atoms with Crippen LogP contribution in [0, 0.1) is 12.3 Å². The molecular formula is C41H79F3N4O10. The number of allylic oxidation sites excluding steroid dienone is 2. The van der Waals surface area contributed by atoms with E-state index in [1.54, 1.807) is 34.6 Å². The molecule has 17 heteroatoms. The number of nitrogens with two attached hydrogens (primary N) is 1. The Bertz CT molecular complexity index is 999. The number of terminal acetylenes is 1. The number of carboxylic acids is 1. The summed E-state index contributed by atoms with van der Waals surface area (Å²) in [5.74, 6) is 0.678. The number of hydrogen-bond acceptors (Lipinski definition) is 11. The number of carbonyl (C=O) groups excluding carboxylic acids is 4. The summed E-state index contributed by atoms with van der Waals surface area (Å²) in [4.78, 5) is 51.9. The summed E-state index contributed by atoms with van der Waals surface area (Å²) in [7, 11) is 0. The SMILES string of the molecule is C#CCC.C=C(C)C(=O)CCC.C=CC(=O)OCC.C=CCC.CCC(=O)O.CCC(=O)OCC(F)(F)F.CCC1CO1.CCC=O.CCN.CCN=[N+]=[N-].CCO. The third-order valence-electron chi connectivity index (χ3n) is 4.12. The predicted molar refractivity (Wildman–Crippen MR) is 230 cm³/mol. The Morgan fingerprint density at radius 1 is 1.00 bits per heavy atom. The van der Waals surface area contributed by atoms with E-state index in [-0.39, 0.29) is 31.2 Å². The molecular weight excluding hydrogens is 765 g/mol. The fourth-order valence-corrected chi connectivity index (χ4v) is 1.27.